The van der Waals surface area contributed by atoms with E-state index in [1.165, 1.54) is 6.92 Å². The molecule has 2 rings (SSSR count). The standard InChI is InChI=1S/C19H20N4O4/c1-11(24)22-16-5-3-4-14(10-16)17(19(26)27-12(2)25)23-15-8-6-13(7-9-15)18(20)21/h3-10,17,23H,1-2H3,(H3,20,21)(H,22,24). The number of anilines is 2. The Hall–Kier alpha value is -3.68. The summed E-state index contributed by atoms with van der Waals surface area (Å²) in [6.45, 7) is 2.52. The number of hydrogen-bond donors (Lipinski definition) is 4. The minimum atomic E-state index is -0.981. The Balaban J connectivity index is 2.33. The first-order valence-electron chi connectivity index (χ1n) is 8.07. The average Bonchev–Trinajstić information content (AvgIpc) is 2.59. The SMILES string of the molecule is CC(=O)Nc1cccc(C(Nc2ccc(C(=N)N)cc2)C(=O)OC(C)=O)c1. The van der Waals surface area contributed by atoms with Gasteiger partial charge in [0.2, 0.25) is 5.91 Å². The first-order chi connectivity index (χ1) is 12.8. The molecule has 0 aliphatic carbocycles. The van der Waals surface area contributed by atoms with Gasteiger partial charge in [0, 0.05) is 30.8 Å². The molecule has 2 aromatic rings. The Morgan fingerprint density at radius 2 is 1.70 bits per heavy atom. The van der Waals surface area contributed by atoms with E-state index < -0.39 is 18.0 Å². The maximum Gasteiger partial charge on any atom is 0.340 e. The third kappa shape index (κ3) is 5.67. The fourth-order valence-corrected chi connectivity index (χ4v) is 2.39. The molecule has 0 aromatic heterocycles. The van der Waals surface area contributed by atoms with Gasteiger partial charge in [0.1, 0.15) is 5.84 Å². The molecule has 0 aliphatic rings. The van der Waals surface area contributed by atoms with Gasteiger partial charge in [0.15, 0.2) is 6.04 Å². The molecular weight excluding hydrogens is 348 g/mol. The van der Waals surface area contributed by atoms with E-state index in [1.807, 2.05) is 0 Å². The number of carbonyl (C=O) groups is 3. The summed E-state index contributed by atoms with van der Waals surface area (Å²) in [5, 5.41) is 13.1. The van der Waals surface area contributed by atoms with E-state index in [2.05, 4.69) is 10.6 Å². The van der Waals surface area contributed by atoms with Crippen LogP contribution in [0.1, 0.15) is 31.0 Å². The van der Waals surface area contributed by atoms with Gasteiger partial charge in [-0.3, -0.25) is 15.0 Å². The Bertz CT molecular complexity index is 878. The Labute approximate surface area is 156 Å². The van der Waals surface area contributed by atoms with E-state index in [-0.39, 0.29) is 11.7 Å². The van der Waals surface area contributed by atoms with Crippen molar-refractivity contribution in [2.75, 3.05) is 10.6 Å². The molecule has 8 nitrogen and oxygen atoms in total. The first kappa shape index (κ1) is 19.6. The highest BCUT2D eigenvalue weighted by molar-refractivity contribution is 5.95. The number of ether oxygens (including phenoxy) is 1. The van der Waals surface area contributed by atoms with Crippen molar-refractivity contribution < 1.29 is 19.1 Å². The van der Waals surface area contributed by atoms with Crippen LogP contribution in [-0.4, -0.2) is 23.7 Å². The number of benzene rings is 2. The van der Waals surface area contributed by atoms with Crippen molar-refractivity contribution in [3.8, 4) is 0 Å². The summed E-state index contributed by atoms with van der Waals surface area (Å²) in [5.74, 6) is -1.82. The lowest BCUT2D eigenvalue weighted by molar-refractivity contribution is -0.158. The summed E-state index contributed by atoms with van der Waals surface area (Å²) in [6, 6.07) is 12.2. The lowest BCUT2D eigenvalue weighted by Crippen LogP contribution is -2.25. The quantitative estimate of drug-likeness (QED) is 0.267. The number of hydrogen-bond acceptors (Lipinski definition) is 6. The fourth-order valence-electron chi connectivity index (χ4n) is 2.39. The fraction of sp³-hybridized carbons (Fsp3) is 0.158. The van der Waals surface area contributed by atoms with Gasteiger partial charge in [-0.25, -0.2) is 4.79 Å². The second-order valence-corrected chi connectivity index (χ2v) is 5.79. The van der Waals surface area contributed by atoms with Gasteiger partial charge in [-0.1, -0.05) is 12.1 Å². The van der Waals surface area contributed by atoms with Crippen LogP contribution in [0, 0.1) is 5.41 Å². The molecule has 0 fully saturated rings. The predicted octanol–water partition coefficient (Wildman–Crippen LogP) is 2.17. The molecule has 0 bridgehead atoms. The zero-order valence-corrected chi connectivity index (χ0v) is 14.9. The Morgan fingerprint density at radius 1 is 1.04 bits per heavy atom. The Kier molecular flexibility index (Phi) is 6.27. The monoisotopic (exact) mass is 368 g/mol. The van der Waals surface area contributed by atoms with Crippen LogP contribution in [0.15, 0.2) is 48.5 Å². The van der Waals surface area contributed by atoms with Crippen LogP contribution in [-0.2, 0) is 19.1 Å². The van der Waals surface area contributed by atoms with Gasteiger partial charge in [-0.05, 0) is 42.0 Å². The molecule has 0 spiro atoms. The molecular formula is C19H20N4O4. The third-order valence-electron chi connectivity index (χ3n) is 3.53. The van der Waals surface area contributed by atoms with Crippen molar-refractivity contribution in [2.24, 2.45) is 5.73 Å². The molecule has 0 saturated carbocycles. The van der Waals surface area contributed by atoms with Crippen LogP contribution < -0.4 is 16.4 Å². The molecule has 27 heavy (non-hydrogen) atoms. The number of nitrogen functional groups attached to an aromatic ring is 1. The number of rotatable bonds is 6. The molecule has 2 aromatic carbocycles. The van der Waals surface area contributed by atoms with Crippen molar-refractivity contribution in [1.29, 1.82) is 5.41 Å². The average molecular weight is 368 g/mol. The summed E-state index contributed by atoms with van der Waals surface area (Å²) >= 11 is 0. The molecule has 8 heteroatoms. The van der Waals surface area contributed by atoms with Gasteiger partial charge in [-0.15, -0.1) is 0 Å². The van der Waals surface area contributed by atoms with Crippen molar-refractivity contribution in [3.05, 3.63) is 59.7 Å². The molecule has 140 valence electrons. The number of amides is 1. The van der Waals surface area contributed by atoms with E-state index in [9.17, 15) is 14.4 Å². The van der Waals surface area contributed by atoms with E-state index in [0.717, 1.165) is 6.92 Å². The highest BCUT2D eigenvalue weighted by atomic mass is 16.6. The smallest absolute Gasteiger partial charge is 0.340 e. The molecule has 5 N–H and O–H groups in total. The molecule has 0 aliphatic heterocycles. The summed E-state index contributed by atoms with van der Waals surface area (Å²) < 4.78 is 4.74. The number of esters is 2. The number of nitrogens with one attached hydrogen (secondary N) is 3. The third-order valence-corrected chi connectivity index (χ3v) is 3.53. The Morgan fingerprint density at radius 3 is 2.26 bits per heavy atom. The zero-order chi connectivity index (χ0) is 20.0. The highest BCUT2D eigenvalue weighted by Gasteiger charge is 2.24. The predicted molar refractivity (Wildman–Crippen MR) is 101 cm³/mol. The van der Waals surface area contributed by atoms with Crippen molar-refractivity contribution in [1.82, 2.24) is 0 Å². The molecule has 1 unspecified atom stereocenters. The second-order valence-electron chi connectivity index (χ2n) is 5.79. The molecule has 1 amide bonds. The molecule has 0 radical (unpaired) electrons. The minimum absolute atomic E-state index is 0.0721. The topological polar surface area (TPSA) is 134 Å². The van der Waals surface area contributed by atoms with E-state index in [1.54, 1.807) is 48.5 Å². The van der Waals surface area contributed by atoms with Crippen molar-refractivity contribution >= 4 is 35.1 Å². The maximum atomic E-state index is 12.4. The number of nitrogens with two attached hydrogens (primary N) is 1. The highest BCUT2D eigenvalue weighted by Crippen LogP contribution is 2.24. The van der Waals surface area contributed by atoms with E-state index >= 15 is 0 Å². The summed E-state index contributed by atoms with van der Waals surface area (Å²) in [4.78, 5) is 34.9. The molecule has 0 saturated heterocycles. The molecule has 0 heterocycles. The van der Waals surface area contributed by atoms with Gasteiger partial charge in [-0.2, -0.15) is 0 Å². The zero-order valence-electron chi connectivity index (χ0n) is 14.9. The van der Waals surface area contributed by atoms with Crippen LogP contribution in [0.4, 0.5) is 11.4 Å². The van der Waals surface area contributed by atoms with Crippen LogP contribution in [0.5, 0.6) is 0 Å². The maximum absolute atomic E-state index is 12.4. The number of amidine groups is 1. The largest absolute Gasteiger partial charge is 0.392 e. The van der Waals surface area contributed by atoms with E-state index in [0.29, 0.717) is 22.5 Å². The summed E-state index contributed by atoms with van der Waals surface area (Å²) in [7, 11) is 0. The van der Waals surface area contributed by atoms with Gasteiger partial charge in [0.25, 0.3) is 0 Å². The lowest BCUT2D eigenvalue weighted by Gasteiger charge is -2.19. The number of carbonyl (C=O) groups excluding carboxylic acids is 3. The summed E-state index contributed by atoms with van der Waals surface area (Å²) in [6.07, 6.45) is 0. The van der Waals surface area contributed by atoms with Gasteiger partial charge < -0.3 is 21.1 Å². The first-order valence-corrected chi connectivity index (χ1v) is 8.07. The van der Waals surface area contributed by atoms with Crippen LogP contribution in [0.3, 0.4) is 0 Å². The minimum Gasteiger partial charge on any atom is -0.392 e. The van der Waals surface area contributed by atoms with E-state index in [4.69, 9.17) is 15.9 Å². The van der Waals surface area contributed by atoms with Crippen LogP contribution in [0.2, 0.25) is 0 Å². The summed E-state index contributed by atoms with van der Waals surface area (Å²) in [5.41, 5.74) is 7.55. The van der Waals surface area contributed by atoms with Crippen molar-refractivity contribution in [3.63, 3.8) is 0 Å². The lowest BCUT2D eigenvalue weighted by atomic mass is 10.1. The van der Waals surface area contributed by atoms with Crippen LogP contribution in [0.25, 0.3) is 0 Å². The van der Waals surface area contributed by atoms with Gasteiger partial charge in [0.05, 0.1) is 0 Å². The van der Waals surface area contributed by atoms with Crippen molar-refractivity contribution in [2.45, 2.75) is 19.9 Å². The molecule has 1 atom stereocenters. The second kappa shape index (κ2) is 8.61. The normalized spacial score (nSPS) is 11.2. The van der Waals surface area contributed by atoms with Crippen LogP contribution >= 0.6 is 0 Å². The van der Waals surface area contributed by atoms with Gasteiger partial charge >= 0.3 is 11.9 Å².